The molecule has 5 heteroatoms. The Bertz CT molecular complexity index is 437. The van der Waals surface area contributed by atoms with Crippen LogP contribution in [0.15, 0.2) is 35.3 Å². The number of hydrogen-bond acceptors (Lipinski definition) is 5. The number of methoxy groups -OCH3 is 2. The SMILES string of the molecule is COC1=CC(O)C(OC)=CC(C(=O)OC(C)(C)C)=C1. The molecule has 1 N–H and O–H groups in total. The van der Waals surface area contributed by atoms with E-state index in [-0.39, 0.29) is 11.3 Å². The Morgan fingerprint density at radius 3 is 2.32 bits per heavy atom. The minimum absolute atomic E-state index is 0.254. The fraction of sp³-hybridized carbons (Fsp3) is 0.500. The second kappa shape index (κ2) is 5.93. The third-order valence-electron chi connectivity index (χ3n) is 2.32. The fourth-order valence-electron chi connectivity index (χ4n) is 1.48. The summed E-state index contributed by atoms with van der Waals surface area (Å²) in [5.41, 5.74) is -0.336. The molecule has 0 radical (unpaired) electrons. The van der Waals surface area contributed by atoms with E-state index in [1.54, 1.807) is 20.8 Å². The van der Waals surface area contributed by atoms with E-state index < -0.39 is 17.7 Å². The minimum Gasteiger partial charge on any atom is -0.498 e. The number of aliphatic hydroxyl groups is 1. The van der Waals surface area contributed by atoms with Crippen molar-refractivity contribution in [3.05, 3.63) is 35.3 Å². The quantitative estimate of drug-likeness (QED) is 0.789. The van der Waals surface area contributed by atoms with Crippen LogP contribution in [0.2, 0.25) is 0 Å². The van der Waals surface area contributed by atoms with E-state index in [1.807, 2.05) is 0 Å². The molecule has 0 heterocycles. The molecule has 0 saturated carbocycles. The van der Waals surface area contributed by atoms with Crippen molar-refractivity contribution in [2.24, 2.45) is 0 Å². The first kappa shape index (κ1) is 15.3. The average Bonchev–Trinajstić information content (AvgIpc) is 2.45. The van der Waals surface area contributed by atoms with E-state index in [4.69, 9.17) is 14.2 Å². The Hall–Kier alpha value is -1.75. The van der Waals surface area contributed by atoms with Crippen LogP contribution in [0.25, 0.3) is 0 Å². The molecule has 1 aliphatic rings. The number of rotatable bonds is 3. The maximum atomic E-state index is 12.0. The largest absolute Gasteiger partial charge is 0.498 e. The molecule has 1 rings (SSSR count). The number of esters is 1. The van der Waals surface area contributed by atoms with Crippen LogP contribution in [-0.4, -0.2) is 37.0 Å². The first-order valence-corrected chi connectivity index (χ1v) is 5.91. The van der Waals surface area contributed by atoms with Gasteiger partial charge in [-0.15, -0.1) is 0 Å². The lowest BCUT2D eigenvalue weighted by Gasteiger charge is -2.20. The molecule has 106 valence electrons. The molecule has 19 heavy (non-hydrogen) atoms. The molecule has 0 aliphatic heterocycles. The van der Waals surface area contributed by atoms with Crippen molar-refractivity contribution in [1.82, 2.24) is 0 Å². The molecule has 0 aromatic rings. The van der Waals surface area contributed by atoms with Gasteiger partial charge in [0.25, 0.3) is 0 Å². The highest BCUT2D eigenvalue weighted by molar-refractivity contribution is 5.92. The normalized spacial score (nSPS) is 19.7. The van der Waals surface area contributed by atoms with Gasteiger partial charge in [0.05, 0.1) is 19.8 Å². The summed E-state index contributed by atoms with van der Waals surface area (Å²) in [6.07, 6.45) is 3.44. The van der Waals surface area contributed by atoms with E-state index in [1.165, 1.54) is 32.4 Å². The van der Waals surface area contributed by atoms with Crippen LogP contribution in [0.1, 0.15) is 20.8 Å². The number of carbonyl (C=O) groups excluding carboxylic acids is 1. The summed E-state index contributed by atoms with van der Waals surface area (Å²) in [6.45, 7) is 5.35. The van der Waals surface area contributed by atoms with Gasteiger partial charge < -0.3 is 19.3 Å². The maximum absolute atomic E-state index is 12.0. The van der Waals surface area contributed by atoms with E-state index in [9.17, 15) is 9.90 Å². The van der Waals surface area contributed by atoms with Crippen molar-refractivity contribution >= 4 is 5.97 Å². The van der Waals surface area contributed by atoms with Gasteiger partial charge in [0.15, 0.2) is 0 Å². The highest BCUT2D eigenvalue weighted by atomic mass is 16.6. The van der Waals surface area contributed by atoms with Crippen LogP contribution in [0.4, 0.5) is 0 Å². The Labute approximate surface area is 113 Å². The Morgan fingerprint density at radius 2 is 1.84 bits per heavy atom. The second-order valence-corrected chi connectivity index (χ2v) is 5.07. The van der Waals surface area contributed by atoms with Crippen LogP contribution in [-0.2, 0) is 19.0 Å². The van der Waals surface area contributed by atoms with Gasteiger partial charge in [-0.25, -0.2) is 4.79 Å². The summed E-state index contributed by atoms with van der Waals surface area (Å²) in [5, 5.41) is 9.85. The zero-order valence-electron chi connectivity index (χ0n) is 11.9. The molecule has 0 spiro atoms. The third kappa shape index (κ3) is 4.44. The van der Waals surface area contributed by atoms with Crippen molar-refractivity contribution in [2.45, 2.75) is 32.5 Å². The molecule has 0 fully saturated rings. The van der Waals surface area contributed by atoms with Gasteiger partial charge in [-0.05, 0) is 39.0 Å². The van der Waals surface area contributed by atoms with Gasteiger partial charge >= 0.3 is 5.97 Å². The van der Waals surface area contributed by atoms with Crippen molar-refractivity contribution < 1.29 is 24.1 Å². The molecule has 0 saturated heterocycles. The predicted octanol–water partition coefficient (Wildman–Crippen LogP) is 1.69. The maximum Gasteiger partial charge on any atom is 0.338 e. The Balaban J connectivity index is 3.09. The molecule has 1 aliphatic carbocycles. The van der Waals surface area contributed by atoms with Crippen LogP contribution >= 0.6 is 0 Å². The molecule has 5 nitrogen and oxygen atoms in total. The van der Waals surface area contributed by atoms with Crippen molar-refractivity contribution in [3.63, 3.8) is 0 Å². The molecule has 1 unspecified atom stereocenters. The second-order valence-electron chi connectivity index (χ2n) is 5.07. The summed E-state index contributed by atoms with van der Waals surface area (Å²) in [6, 6.07) is 0. The number of hydrogen-bond donors (Lipinski definition) is 1. The standard InChI is InChI=1S/C14H20O5/c1-14(2,3)19-13(16)9-6-10(17-4)8-11(15)12(7-9)18-5/h6-8,11,15H,1-5H3. The van der Waals surface area contributed by atoms with Gasteiger partial charge in [-0.2, -0.15) is 0 Å². The van der Waals surface area contributed by atoms with Gasteiger partial charge in [-0.3, -0.25) is 0 Å². The first-order valence-electron chi connectivity index (χ1n) is 5.91. The summed E-state index contributed by atoms with van der Waals surface area (Å²) in [4.78, 5) is 12.0. The smallest absolute Gasteiger partial charge is 0.338 e. The van der Waals surface area contributed by atoms with Crippen molar-refractivity contribution in [1.29, 1.82) is 0 Å². The minimum atomic E-state index is -0.962. The summed E-state index contributed by atoms with van der Waals surface area (Å²) >= 11 is 0. The van der Waals surface area contributed by atoms with E-state index in [2.05, 4.69) is 0 Å². The number of aliphatic hydroxyl groups excluding tert-OH is 1. The van der Waals surface area contributed by atoms with Crippen LogP contribution < -0.4 is 0 Å². The lowest BCUT2D eigenvalue weighted by Crippen LogP contribution is -2.24. The van der Waals surface area contributed by atoms with Crippen molar-refractivity contribution in [3.8, 4) is 0 Å². The van der Waals surface area contributed by atoms with Crippen molar-refractivity contribution in [2.75, 3.05) is 14.2 Å². The summed E-state index contributed by atoms with van der Waals surface area (Å²) in [5.74, 6) is 0.125. The molecule has 0 aromatic carbocycles. The molecule has 0 amide bonds. The molecular formula is C14H20O5. The number of allylic oxidation sites excluding steroid dienone is 1. The highest BCUT2D eigenvalue weighted by Crippen LogP contribution is 2.21. The zero-order chi connectivity index (χ0) is 14.6. The van der Waals surface area contributed by atoms with Crippen LogP contribution in [0, 0.1) is 0 Å². The average molecular weight is 268 g/mol. The number of carbonyl (C=O) groups is 1. The highest BCUT2D eigenvalue weighted by Gasteiger charge is 2.23. The van der Waals surface area contributed by atoms with Crippen LogP contribution in [0.3, 0.4) is 0 Å². The first-order chi connectivity index (χ1) is 8.76. The van der Waals surface area contributed by atoms with E-state index >= 15 is 0 Å². The lowest BCUT2D eigenvalue weighted by molar-refractivity contribution is -0.149. The molecule has 1 atom stereocenters. The topological polar surface area (TPSA) is 65.0 Å². The predicted molar refractivity (Wildman–Crippen MR) is 70.1 cm³/mol. The molecular weight excluding hydrogens is 248 g/mol. The van der Waals surface area contributed by atoms with E-state index in [0.29, 0.717) is 5.76 Å². The van der Waals surface area contributed by atoms with Gasteiger partial charge in [0.1, 0.15) is 23.2 Å². The number of ether oxygens (including phenoxy) is 3. The summed E-state index contributed by atoms with van der Waals surface area (Å²) < 4.78 is 15.4. The van der Waals surface area contributed by atoms with Gasteiger partial charge in [0.2, 0.25) is 0 Å². The zero-order valence-corrected chi connectivity index (χ0v) is 11.9. The van der Waals surface area contributed by atoms with E-state index in [0.717, 1.165) is 0 Å². The fourth-order valence-corrected chi connectivity index (χ4v) is 1.48. The lowest BCUT2D eigenvalue weighted by atomic mass is 10.1. The monoisotopic (exact) mass is 268 g/mol. The Kier molecular flexibility index (Phi) is 4.78. The Morgan fingerprint density at radius 1 is 1.21 bits per heavy atom. The van der Waals surface area contributed by atoms with Gasteiger partial charge in [-0.1, -0.05) is 0 Å². The third-order valence-corrected chi connectivity index (χ3v) is 2.32. The van der Waals surface area contributed by atoms with Crippen LogP contribution in [0.5, 0.6) is 0 Å². The molecule has 0 bridgehead atoms. The van der Waals surface area contributed by atoms with Gasteiger partial charge in [0, 0.05) is 0 Å². The molecule has 0 aromatic heterocycles. The summed E-state index contributed by atoms with van der Waals surface area (Å²) in [7, 11) is 2.88.